The van der Waals surface area contributed by atoms with E-state index >= 15 is 0 Å². The number of amides is 1. The van der Waals surface area contributed by atoms with Crippen molar-refractivity contribution in [2.75, 3.05) is 6.61 Å². The average Bonchev–Trinajstić information content (AvgIpc) is 3.28. The fraction of sp³-hybridized carbons (Fsp3) is 0.863. The highest BCUT2D eigenvalue weighted by atomic mass is 31.2. The molecule has 1 rings (SSSR count). The minimum atomic E-state index is -5.15. The summed E-state index contributed by atoms with van der Waals surface area (Å²) in [5, 5.41) is 74.7. The summed E-state index contributed by atoms with van der Waals surface area (Å²) >= 11 is 0. The van der Waals surface area contributed by atoms with Crippen LogP contribution in [0.15, 0.2) is 36.5 Å². The van der Waals surface area contributed by atoms with Crippen molar-refractivity contribution in [1.82, 2.24) is 5.32 Å². The summed E-state index contributed by atoms with van der Waals surface area (Å²) in [4.78, 5) is 23.5. The van der Waals surface area contributed by atoms with E-state index in [9.17, 15) is 50.0 Å². The molecule has 14 heteroatoms. The van der Waals surface area contributed by atoms with Crippen LogP contribution in [0, 0.1) is 0 Å². The first kappa shape index (κ1) is 61.5. The fourth-order valence-electron chi connectivity index (χ4n) is 8.21. The maximum absolute atomic E-state index is 13.0. The molecule has 8 atom stereocenters. The second-order valence-electron chi connectivity index (χ2n) is 18.6. The van der Waals surface area contributed by atoms with Gasteiger partial charge in [-0.2, -0.15) is 0 Å². The molecule has 8 unspecified atom stereocenters. The summed E-state index contributed by atoms with van der Waals surface area (Å²) in [6, 6.07) is -1.24. The maximum atomic E-state index is 13.0. The third-order valence-corrected chi connectivity index (χ3v) is 13.5. The van der Waals surface area contributed by atoms with E-state index in [2.05, 4.69) is 43.5 Å². The molecule has 1 aliphatic rings. The molecule has 1 aliphatic carbocycles. The lowest BCUT2D eigenvalue weighted by Gasteiger charge is -2.41. The number of aliphatic hydroxyl groups is 7. The number of phosphoric ester groups is 1. The summed E-state index contributed by atoms with van der Waals surface area (Å²) in [7, 11) is -5.15. The van der Waals surface area contributed by atoms with Crippen LogP contribution >= 0.6 is 7.82 Å². The monoisotopic (exact) mass is 946 g/mol. The molecular formula is C51H96NO12P. The number of nitrogens with one attached hydrogen (secondary N) is 1. The normalized spacial score (nSPS) is 22.8. The van der Waals surface area contributed by atoms with E-state index in [4.69, 9.17) is 9.05 Å². The highest BCUT2D eigenvalue weighted by molar-refractivity contribution is 7.47. The number of hydrogen-bond acceptors (Lipinski definition) is 11. The van der Waals surface area contributed by atoms with E-state index in [0.29, 0.717) is 12.8 Å². The van der Waals surface area contributed by atoms with Crippen molar-refractivity contribution in [1.29, 1.82) is 0 Å². The number of carbonyl (C=O) groups is 1. The van der Waals surface area contributed by atoms with Gasteiger partial charge >= 0.3 is 7.82 Å². The van der Waals surface area contributed by atoms with Gasteiger partial charge in [0.05, 0.1) is 31.3 Å². The van der Waals surface area contributed by atoms with Gasteiger partial charge in [0.25, 0.3) is 0 Å². The van der Waals surface area contributed by atoms with Crippen molar-refractivity contribution < 1.29 is 59.0 Å². The zero-order valence-electron chi connectivity index (χ0n) is 40.7. The zero-order valence-corrected chi connectivity index (χ0v) is 41.5. The second kappa shape index (κ2) is 40.4. The lowest BCUT2D eigenvalue weighted by Crippen LogP contribution is -2.64. The quantitative estimate of drug-likeness (QED) is 0.0158. The smallest absolute Gasteiger partial charge is 0.393 e. The Kier molecular flexibility index (Phi) is 38.3. The molecule has 0 bridgehead atoms. The number of unbranched alkanes of at least 4 members (excludes halogenated alkanes) is 26. The predicted molar refractivity (Wildman–Crippen MR) is 261 cm³/mol. The van der Waals surface area contributed by atoms with E-state index in [1.54, 1.807) is 6.08 Å². The molecule has 0 aromatic rings. The summed E-state index contributed by atoms with van der Waals surface area (Å²) in [5.74, 6) is -0.600. The molecule has 1 amide bonds. The molecule has 0 aromatic carbocycles. The molecule has 0 radical (unpaired) electrons. The van der Waals surface area contributed by atoms with Gasteiger partial charge < -0.3 is 46.0 Å². The van der Waals surface area contributed by atoms with E-state index < -0.39 is 75.2 Å². The molecule has 1 saturated carbocycles. The summed E-state index contributed by atoms with van der Waals surface area (Å²) < 4.78 is 22.9. The number of rotatable bonds is 43. The van der Waals surface area contributed by atoms with Gasteiger partial charge in [0.2, 0.25) is 5.91 Å². The van der Waals surface area contributed by atoms with Crippen molar-refractivity contribution >= 4 is 13.7 Å². The highest BCUT2D eigenvalue weighted by Crippen LogP contribution is 2.47. The molecule has 65 heavy (non-hydrogen) atoms. The lowest BCUT2D eigenvalue weighted by molar-refractivity contribution is -0.220. The van der Waals surface area contributed by atoms with Crippen molar-refractivity contribution in [2.24, 2.45) is 0 Å². The Labute approximate surface area is 394 Å². The molecule has 0 aliphatic heterocycles. The first-order valence-corrected chi connectivity index (χ1v) is 27.5. The van der Waals surface area contributed by atoms with Crippen LogP contribution in [0.2, 0.25) is 0 Å². The molecule has 0 heterocycles. The molecule has 0 saturated heterocycles. The van der Waals surface area contributed by atoms with Crippen LogP contribution in [0.5, 0.6) is 0 Å². The van der Waals surface area contributed by atoms with Gasteiger partial charge in [-0.3, -0.25) is 13.8 Å². The van der Waals surface area contributed by atoms with E-state index in [-0.39, 0.29) is 6.42 Å². The summed E-state index contributed by atoms with van der Waals surface area (Å²) in [6.07, 6.45) is 33.6. The van der Waals surface area contributed by atoms with Crippen LogP contribution in [-0.2, 0) is 18.4 Å². The van der Waals surface area contributed by atoms with Crippen LogP contribution < -0.4 is 5.32 Å². The van der Waals surface area contributed by atoms with Crippen molar-refractivity contribution in [3.05, 3.63) is 36.5 Å². The topological polar surface area (TPSA) is 226 Å². The number of hydrogen-bond donors (Lipinski definition) is 9. The van der Waals surface area contributed by atoms with Crippen molar-refractivity contribution in [3.63, 3.8) is 0 Å². The van der Waals surface area contributed by atoms with E-state index in [1.807, 2.05) is 0 Å². The summed E-state index contributed by atoms with van der Waals surface area (Å²) in [6.45, 7) is 3.73. The highest BCUT2D eigenvalue weighted by Gasteiger charge is 2.51. The minimum absolute atomic E-state index is 0.254. The third-order valence-electron chi connectivity index (χ3n) is 12.5. The van der Waals surface area contributed by atoms with Crippen LogP contribution in [0.3, 0.4) is 0 Å². The Balaban J connectivity index is 2.50. The molecular weight excluding hydrogens is 850 g/mol. The van der Waals surface area contributed by atoms with Gasteiger partial charge in [-0.25, -0.2) is 4.57 Å². The number of carbonyl (C=O) groups excluding carboxylic acids is 1. The SMILES string of the molecule is CCCCC/C=C\C/C=C\CCCCCCCC(O)CC(=O)NC(COP(=O)(O)OC1C(O)C(O)C(O)C(O)C1O)C(O)/C=C/CCCCCCCCCCCCCCCCCCCC. The third kappa shape index (κ3) is 32.1. The molecule has 9 N–H and O–H groups in total. The van der Waals surface area contributed by atoms with Gasteiger partial charge in [-0.1, -0.05) is 198 Å². The van der Waals surface area contributed by atoms with Gasteiger partial charge in [-0.15, -0.1) is 0 Å². The number of allylic oxidation sites excluding steroid dienone is 5. The molecule has 13 nitrogen and oxygen atoms in total. The lowest BCUT2D eigenvalue weighted by atomic mass is 9.85. The molecule has 382 valence electrons. The Hall–Kier alpha value is -1.48. The second-order valence-corrected chi connectivity index (χ2v) is 20.0. The van der Waals surface area contributed by atoms with Gasteiger partial charge in [0, 0.05) is 0 Å². The Morgan fingerprint density at radius 1 is 0.554 bits per heavy atom. The van der Waals surface area contributed by atoms with Crippen LogP contribution in [0.1, 0.15) is 219 Å². The molecule has 1 fully saturated rings. The Morgan fingerprint density at radius 3 is 1.42 bits per heavy atom. The maximum Gasteiger partial charge on any atom is 0.472 e. The van der Waals surface area contributed by atoms with Crippen LogP contribution in [0.25, 0.3) is 0 Å². The van der Waals surface area contributed by atoms with Crippen LogP contribution in [-0.4, -0.2) is 108 Å². The minimum Gasteiger partial charge on any atom is -0.393 e. The molecule has 0 spiro atoms. The van der Waals surface area contributed by atoms with Crippen molar-refractivity contribution in [3.8, 4) is 0 Å². The molecule has 0 aromatic heterocycles. The average molecular weight is 946 g/mol. The van der Waals surface area contributed by atoms with Gasteiger partial charge in [0.1, 0.15) is 36.6 Å². The van der Waals surface area contributed by atoms with Crippen LogP contribution in [0.4, 0.5) is 0 Å². The van der Waals surface area contributed by atoms with E-state index in [0.717, 1.165) is 70.6 Å². The Morgan fingerprint density at radius 2 is 0.938 bits per heavy atom. The first-order valence-electron chi connectivity index (χ1n) is 26.0. The van der Waals surface area contributed by atoms with Gasteiger partial charge in [-0.05, 0) is 51.4 Å². The van der Waals surface area contributed by atoms with Gasteiger partial charge in [0.15, 0.2) is 0 Å². The fourth-order valence-corrected chi connectivity index (χ4v) is 9.18. The van der Waals surface area contributed by atoms with E-state index in [1.165, 1.54) is 122 Å². The largest absolute Gasteiger partial charge is 0.472 e. The Bertz CT molecular complexity index is 1250. The zero-order chi connectivity index (χ0) is 48.0. The summed E-state index contributed by atoms with van der Waals surface area (Å²) in [5.41, 5.74) is 0. The predicted octanol–water partition coefficient (Wildman–Crippen LogP) is 9.70. The first-order chi connectivity index (χ1) is 31.3. The van der Waals surface area contributed by atoms with Crippen molar-refractivity contribution in [2.45, 2.75) is 274 Å². The number of aliphatic hydroxyl groups excluding tert-OH is 7. The standard InChI is InChI=1S/C51H96NO12P/c1-3-5-7-9-11-13-15-17-19-20-21-22-23-25-27-29-31-33-35-37-39-44(54)43(41-63-65(61,62)64-51-49(59)47(57)46(56)48(58)50(51)60)52-45(55)40-42(53)38-36-34-32-30-28-26-24-18-16-14-12-10-8-6-4-2/h12,14,18,24,37,39,42-44,46-51,53-54,56-60H,3-11,13,15-17,19-23,25-36,38,40-41H2,1-2H3,(H,52,55)(H,61,62)/b14-12-,24-18-,39-37+. The number of phosphoric acid groups is 1.